The van der Waals surface area contributed by atoms with Crippen LogP contribution < -0.4 is 5.32 Å². The van der Waals surface area contributed by atoms with Crippen LogP contribution >= 0.6 is 11.6 Å². The van der Waals surface area contributed by atoms with Crippen LogP contribution in [0.25, 0.3) is 6.08 Å². The second-order valence-corrected chi connectivity index (χ2v) is 6.43. The molecule has 0 atom stereocenters. The van der Waals surface area contributed by atoms with E-state index in [1.54, 1.807) is 30.3 Å². The summed E-state index contributed by atoms with van der Waals surface area (Å²) in [6, 6.07) is 8.91. The van der Waals surface area contributed by atoms with E-state index in [-0.39, 0.29) is 18.1 Å². The van der Waals surface area contributed by atoms with Crippen molar-refractivity contribution in [2.24, 2.45) is 0 Å². The molecular formula is C18H18ClN3O2. The lowest BCUT2D eigenvalue weighted by molar-refractivity contribution is -0.123. The number of halogens is 1. The van der Waals surface area contributed by atoms with Gasteiger partial charge in [-0.2, -0.15) is 0 Å². The summed E-state index contributed by atoms with van der Waals surface area (Å²) in [4.78, 5) is 25.8. The minimum atomic E-state index is -0.413. The summed E-state index contributed by atoms with van der Waals surface area (Å²) in [5.74, 6) is -0.327. The Bertz CT molecular complexity index is 806. The zero-order chi connectivity index (χ0) is 17.3. The molecule has 6 heteroatoms. The minimum Gasteiger partial charge on any atom is -0.351 e. The lowest BCUT2D eigenvalue weighted by Gasteiger charge is -2.11. The smallest absolute Gasteiger partial charge is 0.329 e. The summed E-state index contributed by atoms with van der Waals surface area (Å²) >= 11 is 5.85. The molecule has 1 aliphatic rings. The van der Waals surface area contributed by atoms with Gasteiger partial charge in [-0.15, -0.1) is 0 Å². The zero-order valence-electron chi connectivity index (χ0n) is 13.5. The highest BCUT2D eigenvalue weighted by molar-refractivity contribution is 6.30. The summed E-state index contributed by atoms with van der Waals surface area (Å²) in [6.45, 7) is 4.37. The van der Waals surface area contributed by atoms with Crippen LogP contribution in [-0.2, 0) is 11.3 Å². The number of benzene rings is 1. The average Bonchev–Trinajstić information content (AvgIpc) is 3.10. The third-order valence-electron chi connectivity index (χ3n) is 3.86. The Hall–Kier alpha value is -2.53. The summed E-state index contributed by atoms with van der Waals surface area (Å²) in [5.41, 5.74) is 2.01. The highest BCUT2D eigenvalue weighted by atomic mass is 35.5. The van der Waals surface area contributed by atoms with Gasteiger partial charge in [0.1, 0.15) is 5.70 Å². The highest BCUT2D eigenvalue weighted by Crippen LogP contribution is 2.19. The van der Waals surface area contributed by atoms with Gasteiger partial charge in [-0.25, -0.2) is 4.79 Å². The van der Waals surface area contributed by atoms with Gasteiger partial charge < -0.3 is 9.88 Å². The molecule has 0 unspecified atom stereocenters. The minimum absolute atomic E-state index is 0.214. The van der Waals surface area contributed by atoms with Crippen molar-refractivity contribution in [1.29, 1.82) is 0 Å². The average molecular weight is 344 g/mol. The van der Waals surface area contributed by atoms with E-state index in [9.17, 15) is 9.59 Å². The van der Waals surface area contributed by atoms with Crippen molar-refractivity contribution in [2.75, 3.05) is 0 Å². The summed E-state index contributed by atoms with van der Waals surface area (Å²) in [5, 5.41) is 3.25. The van der Waals surface area contributed by atoms with Crippen molar-refractivity contribution in [3.8, 4) is 0 Å². The maximum atomic E-state index is 12.5. The van der Waals surface area contributed by atoms with Crippen molar-refractivity contribution in [1.82, 2.24) is 14.8 Å². The summed E-state index contributed by atoms with van der Waals surface area (Å²) in [7, 11) is 0. The SMILES string of the molecule is CC(C)n1ccc(/C=C2/NC(=O)N(Cc3ccc(Cl)cc3)C2=O)c1. The van der Waals surface area contributed by atoms with Crippen LogP contribution in [0.2, 0.25) is 5.02 Å². The van der Waals surface area contributed by atoms with Gasteiger partial charge in [0.25, 0.3) is 5.91 Å². The molecular weight excluding hydrogens is 326 g/mol. The van der Waals surface area contributed by atoms with Crippen molar-refractivity contribution in [3.63, 3.8) is 0 Å². The van der Waals surface area contributed by atoms with Crippen molar-refractivity contribution >= 4 is 29.6 Å². The third-order valence-corrected chi connectivity index (χ3v) is 4.11. The van der Waals surface area contributed by atoms with Gasteiger partial charge in [0, 0.05) is 23.5 Å². The molecule has 0 radical (unpaired) electrons. The number of aromatic nitrogens is 1. The lowest BCUT2D eigenvalue weighted by atomic mass is 10.2. The Morgan fingerprint density at radius 1 is 1.17 bits per heavy atom. The van der Waals surface area contributed by atoms with E-state index in [0.29, 0.717) is 11.1 Å². The van der Waals surface area contributed by atoms with Crippen molar-refractivity contribution in [2.45, 2.75) is 26.4 Å². The van der Waals surface area contributed by atoms with Crippen molar-refractivity contribution < 1.29 is 9.59 Å². The van der Waals surface area contributed by atoms with E-state index < -0.39 is 6.03 Å². The lowest BCUT2D eigenvalue weighted by Crippen LogP contribution is -2.30. The molecule has 1 N–H and O–H groups in total. The number of hydrogen-bond acceptors (Lipinski definition) is 2. The zero-order valence-corrected chi connectivity index (χ0v) is 14.2. The molecule has 5 nitrogen and oxygen atoms in total. The largest absolute Gasteiger partial charge is 0.351 e. The van der Waals surface area contributed by atoms with Gasteiger partial charge in [0.15, 0.2) is 0 Å². The number of nitrogens with one attached hydrogen (secondary N) is 1. The van der Waals surface area contributed by atoms with Gasteiger partial charge in [-0.3, -0.25) is 9.69 Å². The normalized spacial score (nSPS) is 16.3. The number of hydrogen-bond donors (Lipinski definition) is 1. The molecule has 1 aliphatic heterocycles. The molecule has 24 heavy (non-hydrogen) atoms. The molecule has 1 aromatic heterocycles. The molecule has 3 amide bonds. The van der Waals surface area contributed by atoms with E-state index in [0.717, 1.165) is 11.1 Å². The quantitative estimate of drug-likeness (QED) is 0.677. The number of carbonyl (C=O) groups excluding carboxylic acids is 2. The monoisotopic (exact) mass is 343 g/mol. The molecule has 1 aromatic carbocycles. The first kappa shape index (κ1) is 16.3. The number of nitrogens with zero attached hydrogens (tertiary/aromatic N) is 2. The fraction of sp³-hybridized carbons (Fsp3) is 0.222. The summed E-state index contributed by atoms with van der Waals surface area (Å²) < 4.78 is 2.04. The number of amides is 3. The van der Waals surface area contributed by atoms with Crippen LogP contribution in [0.3, 0.4) is 0 Å². The van der Waals surface area contributed by atoms with Crippen molar-refractivity contribution in [3.05, 3.63) is 64.6 Å². The molecule has 2 aromatic rings. The van der Waals surface area contributed by atoms with E-state index in [4.69, 9.17) is 11.6 Å². The molecule has 0 bridgehead atoms. The maximum Gasteiger partial charge on any atom is 0.329 e. The Morgan fingerprint density at radius 3 is 2.50 bits per heavy atom. The molecule has 124 valence electrons. The van der Waals surface area contributed by atoms with Gasteiger partial charge in [0.2, 0.25) is 0 Å². The first-order chi connectivity index (χ1) is 11.4. The predicted octanol–water partition coefficient (Wildman–Crippen LogP) is 3.82. The first-order valence-corrected chi connectivity index (χ1v) is 8.08. The number of urea groups is 1. The van der Waals surface area contributed by atoms with Crippen LogP contribution in [0, 0.1) is 0 Å². The molecule has 0 aliphatic carbocycles. The van der Waals surface area contributed by atoms with Gasteiger partial charge in [-0.1, -0.05) is 23.7 Å². The summed E-state index contributed by atoms with van der Waals surface area (Å²) in [6.07, 6.45) is 5.59. The molecule has 3 rings (SSSR count). The molecule has 0 spiro atoms. The Balaban J connectivity index is 1.77. The van der Waals surface area contributed by atoms with Crippen LogP contribution in [0.5, 0.6) is 0 Å². The maximum absolute atomic E-state index is 12.5. The van der Waals surface area contributed by atoms with E-state index >= 15 is 0 Å². The van der Waals surface area contributed by atoms with Gasteiger partial charge in [-0.05, 0) is 49.2 Å². The Labute approximate surface area is 145 Å². The Kier molecular flexibility index (Phi) is 4.44. The van der Waals surface area contributed by atoms with Crippen LogP contribution in [0.15, 0.2) is 48.4 Å². The molecule has 0 saturated carbocycles. The van der Waals surface area contributed by atoms with E-state index in [1.165, 1.54) is 4.90 Å². The topological polar surface area (TPSA) is 54.3 Å². The fourth-order valence-electron chi connectivity index (χ4n) is 2.49. The molecule has 1 saturated heterocycles. The fourth-order valence-corrected chi connectivity index (χ4v) is 2.62. The van der Waals surface area contributed by atoms with Crippen LogP contribution in [0.1, 0.15) is 31.0 Å². The number of rotatable bonds is 4. The molecule has 2 heterocycles. The second kappa shape index (κ2) is 6.53. The second-order valence-electron chi connectivity index (χ2n) is 5.99. The van der Waals surface area contributed by atoms with Crippen LogP contribution in [-0.4, -0.2) is 21.4 Å². The number of imide groups is 1. The van der Waals surface area contributed by atoms with Gasteiger partial charge >= 0.3 is 6.03 Å². The number of carbonyl (C=O) groups is 2. The highest BCUT2D eigenvalue weighted by Gasteiger charge is 2.33. The van der Waals surface area contributed by atoms with Crippen LogP contribution in [0.4, 0.5) is 4.79 Å². The predicted molar refractivity (Wildman–Crippen MR) is 93.3 cm³/mol. The van der Waals surface area contributed by atoms with E-state index in [2.05, 4.69) is 19.2 Å². The van der Waals surface area contributed by atoms with E-state index in [1.807, 2.05) is 23.0 Å². The third kappa shape index (κ3) is 3.36. The Morgan fingerprint density at radius 2 is 1.88 bits per heavy atom. The first-order valence-electron chi connectivity index (χ1n) is 7.70. The standard InChI is InChI=1S/C18H18ClN3O2/c1-12(2)21-8-7-14(10-21)9-16-17(23)22(18(24)20-16)11-13-3-5-15(19)6-4-13/h3-10,12H,11H2,1-2H3,(H,20,24)/b16-9+. The molecule has 1 fully saturated rings. The van der Waals surface area contributed by atoms with Gasteiger partial charge in [0.05, 0.1) is 6.54 Å².